The fraction of sp³-hybridized carbons (Fsp3) is 0.143. The first-order valence-electron chi connectivity index (χ1n) is 13.4. The van der Waals surface area contributed by atoms with Crippen LogP contribution in [0.4, 0.5) is 5.82 Å². The molecule has 1 aliphatic rings. The molecule has 1 heterocycles. The average molecular weight is 510 g/mol. The lowest BCUT2D eigenvalue weighted by Crippen LogP contribution is -2.23. The SMILES string of the molecule is CN(CC1=Cc2cccc(OCc3ccccc3)c2CC1)c1cnc(-c2ccccc2)c(-c2ccccc2)n1. The van der Waals surface area contributed by atoms with Gasteiger partial charge in [0, 0.05) is 30.3 Å². The molecule has 4 nitrogen and oxygen atoms in total. The molecule has 0 bridgehead atoms. The van der Waals surface area contributed by atoms with Crippen molar-refractivity contribution in [2.75, 3.05) is 18.5 Å². The Hall–Kier alpha value is -4.70. The van der Waals surface area contributed by atoms with Crippen molar-refractivity contribution in [1.82, 2.24) is 9.97 Å². The van der Waals surface area contributed by atoms with Crippen LogP contribution in [-0.4, -0.2) is 23.6 Å². The third-order valence-corrected chi connectivity index (χ3v) is 7.15. The van der Waals surface area contributed by atoms with Crippen LogP contribution in [-0.2, 0) is 13.0 Å². The number of fused-ring (bicyclic) bond motifs is 1. The first-order chi connectivity index (χ1) is 19.2. The molecule has 0 saturated heterocycles. The van der Waals surface area contributed by atoms with Gasteiger partial charge in [-0.05, 0) is 35.6 Å². The summed E-state index contributed by atoms with van der Waals surface area (Å²) in [6, 6.07) is 37.3. The Kier molecular flexibility index (Phi) is 7.17. The zero-order valence-corrected chi connectivity index (χ0v) is 22.1. The minimum absolute atomic E-state index is 0.581. The largest absolute Gasteiger partial charge is 0.489 e. The Balaban J connectivity index is 1.23. The van der Waals surface area contributed by atoms with E-state index in [-0.39, 0.29) is 0 Å². The van der Waals surface area contributed by atoms with Crippen LogP contribution >= 0.6 is 0 Å². The Morgan fingerprint density at radius 1 is 0.718 bits per heavy atom. The average Bonchev–Trinajstić information content (AvgIpc) is 3.01. The van der Waals surface area contributed by atoms with E-state index in [4.69, 9.17) is 14.7 Å². The van der Waals surface area contributed by atoms with Crippen LogP contribution in [0.3, 0.4) is 0 Å². The number of rotatable bonds is 8. The molecule has 4 aromatic carbocycles. The molecule has 39 heavy (non-hydrogen) atoms. The van der Waals surface area contributed by atoms with E-state index < -0.39 is 0 Å². The van der Waals surface area contributed by atoms with Gasteiger partial charge >= 0.3 is 0 Å². The van der Waals surface area contributed by atoms with Crippen LogP contribution in [0.1, 0.15) is 23.1 Å². The quantitative estimate of drug-likeness (QED) is 0.213. The smallest absolute Gasteiger partial charge is 0.147 e. The topological polar surface area (TPSA) is 38.2 Å². The van der Waals surface area contributed by atoms with Gasteiger partial charge in [-0.15, -0.1) is 0 Å². The third kappa shape index (κ3) is 5.60. The number of nitrogens with zero attached hydrogens (tertiary/aromatic N) is 3. The maximum Gasteiger partial charge on any atom is 0.147 e. The molecule has 6 rings (SSSR count). The van der Waals surface area contributed by atoms with E-state index in [9.17, 15) is 0 Å². The Morgan fingerprint density at radius 2 is 1.38 bits per heavy atom. The standard InChI is InChI=1S/C35H31N3O/c1-38(33-23-36-34(28-14-7-3-8-15-28)35(37-33)29-16-9-4-10-17-29)24-27-20-21-31-30(22-27)18-11-19-32(31)39-25-26-12-5-2-6-13-26/h2-19,22-23H,20-21,24-25H2,1H3. The number of anilines is 1. The van der Waals surface area contributed by atoms with Gasteiger partial charge in [-0.3, -0.25) is 4.98 Å². The second kappa shape index (κ2) is 11.4. The predicted octanol–water partition coefficient (Wildman–Crippen LogP) is 7.86. The highest BCUT2D eigenvalue weighted by Crippen LogP contribution is 2.33. The van der Waals surface area contributed by atoms with Gasteiger partial charge in [-0.25, -0.2) is 4.98 Å². The molecule has 5 aromatic rings. The monoisotopic (exact) mass is 509 g/mol. The minimum atomic E-state index is 0.581. The molecule has 0 N–H and O–H groups in total. The number of hydrogen-bond donors (Lipinski definition) is 0. The van der Waals surface area contributed by atoms with Crippen LogP contribution in [0.15, 0.2) is 121 Å². The highest BCUT2D eigenvalue weighted by atomic mass is 16.5. The lowest BCUT2D eigenvalue weighted by molar-refractivity contribution is 0.302. The second-order valence-electron chi connectivity index (χ2n) is 9.91. The molecule has 0 unspecified atom stereocenters. The van der Waals surface area contributed by atoms with Gasteiger partial charge in [0.2, 0.25) is 0 Å². The third-order valence-electron chi connectivity index (χ3n) is 7.15. The summed E-state index contributed by atoms with van der Waals surface area (Å²) in [5.74, 6) is 1.84. The van der Waals surface area contributed by atoms with Gasteiger partial charge in [0.15, 0.2) is 0 Å². The molecular weight excluding hydrogens is 478 g/mol. The summed E-state index contributed by atoms with van der Waals surface area (Å²) < 4.78 is 6.22. The number of benzene rings is 4. The predicted molar refractivity (Wildman–Crippen MR) is 160 cm³/mol. The van der Waals surface area contributed by atoms with Crippen LogP contribution < -0.4 is 9.64 Å². The van der Waals surface area contributed by atoms with E-state index in [2.05, 4.69) is 72.6 Å². The molecule has 0 aliphatic heterocycles. The highest BCUT2D eigenvalue weighted by molar-refractivity contribution is 5.78. The van der Waals surface area contributed by atoms with E-state index in [1.54, 1.807) is 0 Å². The maximum absolute atomic E-state index is 6.22. The fourth-order valence-corrected chi connectivity index (χ4v) is 5.11. The molecule has 0 radical (unpaired) electrons. The van der Waals surface area contributed by atoms with Crippen LogP contribution in [0.5, 0.6) is 5.75 Å². The molecule has 1 aromatic heterocycles. The van der Waals surface area contributed by atoms with Gasteiger partial charge in [0.1, 0.15) is 18.2 Å². The van der Waals surface area contributed by atoms with Crippen molar-refractivity contribution in [3.63, 3.8) is 0 Å². The first kappa shape index (κ1) is 24.6. The van der Waals surface area contributed by atoms with E-state index in [1.165, 1.54) is 22.3 Å². The van der Waals surface area contributed by atoms with E-state index in [0.29, 0.717) is 6.61 Å². The zero-order valence-electron chi connectivity index (χ0n) is 22.1. The summed E-state index contributed by atoms with van der Waals surface area (Å²) in [7, 11) is 2.09. The van der Waals surface area contributed by atoms with E-state index in [1.807, 2.05) is 60.8 Å². The van der Waals surface area contributed by atoms with Crippen molar-refractivity contribution in [2.45, 2.75) is 19.4 Å². The van der Waals surface area contributed by atoms with Crippen molar-refractivity contribution in [2.24, 2.45) is 0 Å². The van der Waals surface area contributed by atoms with Gasteiger partial charge in [-0.1, -0.05) is 109 Å². The highest BCUT2D eigenvalue weighted by Gasteiger charge is 2.18. The maximum atomic E-state index is 6.22. The number of ether oxygens (including phenoxy) is 1. The van der Waals surface area contributed by atoms with Crippen molar-refractivity contribution < 1.29 is 4.74 Å². The molecule has 1 aliphatic carbocycles. The molecule has 0 fully saturated rings. The number of hydrogen-bond acceptors (Lipinski definition) is 4. The van der Waals surface area contributed by atoms with Gasteiger partial charge in [0.25, 0.3) is 0 Å². The fourth-order valence-electron chi connectivity index (χ4n) is 5.11. The Labute approximate surface area is 230 Å². The van der Waals surface area contributed by atoms with Gasteiger partial charge in [0.05, 0.1) is 17.6 Å². The first-order valence-corrected chi connectivity index (χ1v) is 13.4. The summed E-state index contributed by atoms with van der Waals surface area (Å²) in [5, 5.41) is 0. The summed E-state index contributed by atoms with van der Waals surface area (Å²) in [6.45, 7) is 1.38. The summed E-state index contributed by atoms with van der Waals surface area (Å²) >= 11 is 0. The van der Waals surface area contributed by atoms with Crippen LogP contribution in [0.25, 0.3) is 28.6 Å². The van der Waals surface area contributed by atoms with Crippen molar-refractivity contribution in [3.8, 4) is 28.3 Å². The molecule has 0 amide bonds. The van der Waals surface area contributed by atoms with Gasteiger partial charge in [-0.2, -0.15) is 0 Å². The Morgan fingerprint density at radius 3 is 2.10 bits per heavy atom. The summed E-state index contributed by atoms with van der Waals surface area (Å²) in [6.07, 6.45) is 6.16. The summed E-state index contributed by atoms with van der Waals surface area (Å²) in [5.41, 5.74) is 9.01. The van der Waals surface area contributed by atoms with Crippen molar-refractivity contribution >= 4 is 11.9 Å². The molecular formula is C35H31N3O. The van der Waals surface area contributed by atoms with Gasteiger partial charge < -0.3 is 9.64 Å². The van der Waals surface area contributed by atoms with Crippen LogP contribution in [0, 0.1) is 0 Å². The number of likely N-dealkylation sites (N-methyl/N-ethyl adjacent to an activating group) is 1. The lowest BCUT2D eigenvalue weighted by atomic mass is 9.91. The van der Waals surface area contributed by atoms with Crippen molar-refractivity contribution in [3.05, 3.63) is 138 Å². The molecule has 4 heteroatoms. The summed E-state index contributed by atoms with van der Waals surface area (Å²) in [4.78, 5) is 12.2. The van der Waals surface area contributed by atoms with Crippen LogP contribution in [0.2, 0.25) is 0 Å². The molecule has 0 atom stereocenters. The number of aromatic nitrogens is 2. The lowest BCUT2D eigenvalue weighted by Gasteiger charge is -2.25. The second-order valence-corrected chi connectivity index (χ2v) is 9.91. The van der Waals surface area contributed by atoms with E-state index in [0.717, 1.165) is 53.5 Å². The van der Waals surface area contributed by atoms with E-state index >= 15 is 0 Å². The zero-order chi connectivity index (χ0) is 26.4. The molecule has 192 valence electrons. The Bertz CT molecular complexity index is 1580. The normalized spacial score (nSPS) is 12.4. The molecule has 0 saturated carbocycles. The molecule has 0 spiro atoms. The van der Waals surface area contributed by atoms with Crippen molar-refractivity contribution in [1.29, 1.82) is 0 Å². The minimum Gasteiger partial charge on any atom is -0.489 e.